The first-order valence-electron chi connectivity index (χ1n) is 9.18. The molecule has 0 spiro atoms. The number of amides is 2. The summed E-state index contributed by atoms with van der Waals surface area (Å²) in [5.41, 5.74) is 1.11. The summed E-state index contributed by atoms with van der Waals surface area (Å²) in [6, 6.07) is 7.47. The van der Waals surface area contributed by atoms with E-state index in [1.165, 1.54) is 0 Å². The number of nitrogens with zero attached hydrogens (tertiary/aromatic N) is 2. The fraction of sp³-hybridized carbons (Fsp3) is 0.579. The summed E-state index contributed by atoms with van der Waals surface area (Å²) in [4.78, 5) is 28.5. The number of carbonyl (C=O) groups is 2. The van der Waals surface area contributed by atoms with E-state index in [2.05, 4.69) is 5.32 Å². The molecule has 2 aliphatic rings. The molecule has 150 valence electrons. The first-order valence-corrected chi connectivity index (χ1v) is 9.18. The molecule has 0 bridgehead atoms. The third-order valence-electron chi connectivity index (χ3n) is 5.14. The molecule has 0 aromatic heterocycles. The van der Waals surface area contributed by atoms with E-state index in [0.717, 1.165) is 11.3 Å². The highest BCUT2D eigenvalue weighted by atomic mass is 35.5. The highest BCUT2D eigenvalue weighted by molar-refractivity contribution is 5.85. The molecule has 1 aromatic rings. The van der Waals surface area contributed by atoms with Crippen molar-refractivity contribution in [3.8, 4) is 5.75 Å². The lowest BCUT2D eigenvalue weighted by Crippen LogP contribution is -2.54. The Bertz CT molecular complexity index is 632. The number of ether oxygens (including phenoxy) is 1. The van der Waals surface area contributed by atoms with E-state index in [1.54, 1.807) is 12.0 Å². The van der Waals surface area contributed by atoms with E-state index in [0.29, 0.717) is 52.0 Å². The summed E-state index contributed by atoms with van der Waals surface area (Å²) in [5, 5.41) is 12.6. The Hall–Kier alpha value is -1.83. The number of nitrogens with one attached hydrogen (secondary N) is 1. The van der Waals surface area contributed by atoms with Crippen LogP contribution in [-0.4, -0.2) is 78.7 Å². The van der Waals surface area contributed by atoms with Gasteiger partial charge in [-0.15, -0.1) is 12.4 Å². The number of aliphatic hydroxyl groups excluding tert-OH is 1. The number of rotatable bonds is 5. The standard InChI is InChI=1S/C19H27N3O4.ClH/c1-26-16-5-2-14(3-6-16)4-7-18(24)21-8-10-22(11-9-21)19(25)17-12-15(23)13-20-17;/h2-3,5-6,15,17,20,23H,4,7-13H2,1H3;1H. The fourth-order valence-corrected chi connectivity index (χ4v) is 3.50. The summed E-state index contributed by atoms with van der Waals surface area (Å²) in [7, 11) is 1.63. The lowest BCUT2D eigenvalue weighted by Gasteiger charge is -2.36. The molecule has 27 heavy (non-hydrogen) atoms. The third kappa shape index (κ3) is 5.57. The van der Waals surface area contributed by atoms with Crippen molar-refractivity contribution >= 4 is 24.2 Å². The third-order valence-corrected chi connectivity index (χ3v) is 5.14. The van der Waals surface area contributed by atoms with Gasteiger partial charge in [0.25, 0.3) is 0 Å². The normalized spacial score (nSPS) is 22.3. The number of benzene rings is 1. The Balaban J connectivity index is 0.00000261. The molecule has 2 aliphatic heterocycles. The molecule has 0 radical (unpaired) electrons. The van der Waals surface area contributed by atoms with E-state index in [1.807, 2.05) is 29.2 Å². The van der Waals surface area contributed by atoms with Gasteiger partial charge in [0.05, 0.1) is 19.3 Å². The Kier molecular flexibility index (Phi) is 7.89. The summed E-state index contributed by atoms with van der Waals surface area (Å²) < 4.78 is 5.14. The van der Waals surface area contributed by atoms with Gasteiger partial charge in [-0.2, -0.15) is 0 Å². The van der Waals surface area contributed by atoms with E-state index < -0.39 is 6.10 Å². The molecular formula is C19H28ClN3O4. The number of piperazine rings is 1. The Labute approximate surface area is 166 Å². The highest BCUT2D eigenvalue weighted by Gasteiger charge is 2.33. The van der Waals surface area contributed by atoms with Crippen LogP contribution < -0.4 is 10.1 Å². The molecule has 2 amide bonds. The van der Waals surface area contributed by atoms with Gasteiger partial charge in [-0.3, -0.25) is 9.59 Å². The molecule has 2 N–H and O–H groups in total. The van der Waals surface area contributed by atoms with Crippen LogP contribution in [0.5, 0.6) is 5.75 Å². The van der Waals surface area contributed by atoms with Crippen LogP contribution >= 0.6 is 12.4 Å². The second-order valence-electron chi connectivity index (χ2n) is 6.90. The first-order chi connectivity index (χ1) is 12.6. The van der Waals surface area contributed by atoms with Crippen LogP contribution in [-0.2, 0) is 16.0 Å². The maximum atomic E-state index is 12.4. The molecule has 2 unspecified atom stereocenters. The zero-order valence-electron chi connectivity index (χ0n) is 15.6. The quantitative estimate of drug-likeness (QED) is 0.753. The second kappa shape index (κ2) is 9.92. The average molecular weight is 398 g/mol. The summed E-state index contributed by atoms with van der Waals surface area (Å²) in [6.45, 7) is 2.73. The van der Waals surface area contributed by atoms with Gasteiger partial charge in [-0.05, 0) is 30.5 Å². The van der Waals surface area contributed by atoms with Crippen molar-refractivity contribution in [2.45, 2.75) is 31.4 Å². The minimum atomic E-state index is -0.440. The van der Waals surface area contributed by atoms with Crippen LogP contribution in [0.1, 0.15) is 18.4 Å². The van der Waals surface area contributed by atoms with Gasteiger partial charge < -0.3 is 25.0 Å². The zero-order chi connectivity index (χ0) is 18.5. The number of hydrogen-bond donors (Lipinski definition) is 2. The molecule has 2 heterocycles. The van der Waals surface area contributed by atoms with Gasteiger partial charge in [0.2, 0.25) is 11.8 Å². The number of β-amino-alcohol motifs (C(OH)–C–C–N with tert-alkyl or cyclic N) is 1. The smallest absolute Gasteiger partial charge is 0.239 e. The van der Waals surface area contributed by atoms with Crippen LogP contribution in [0.15, 0.2) is 24.3 Å². The molecule has 0 aliphatic carbocycles. The van der Waals surface area contributed by atoms with Gasteiger partial charge in [0.15, 0.2) is 0 Å². The summed E-state index contributed by atoms with van der Waals surface area (Å²) >= 11 is 0. The van der Waals surface area contributed by atoms with Gasteiger partial charge >= 0.3 is 0 Å². The predicted molar refractivity (Wildman–Crippen MR) is 104 cm³/mol. The monoisotopic (exact) mass is 397 g/mol. The molecule has 8 heteroatoms. The lowest BCUT2D eigenvalue weighted by molar-refractivity contribution is -0.140. The average Bonchev–Trinajstić information content (AvgIpc) is 3.12. The number of halogens is 1. The van der Waals surface area contributed by atoms with Gasteiger partial charge in [-0.25, -0.2) is 0 Å². The van der Waals surface area contributed by atoms with Crippen molar-refractivity contribution in [2.24, 2.45) is 0 Å². The van der Waals surface area contributed by atoms with Gasteiger partial charge in [-0.1, -0.05) is 12.1 Å². The van der Waals surface area contributed by atoms with Crippen molar-refractivity contribution in [1.29, 1.82) is 0 Å². The number of hydrogen-bond acceptors (Lipinski definition) is 5. The van der Waals surface area contributed by atoms with Gasteiger partial charge in [0.1, 0.15) is 5.75 Å². The molecule has 2 fully saturated rings. The molecule has 1 aromatic carbocycles. The van der Waals surface area contributed by atoms with Crippen molar-refractivity contribution in [3.05, 3.63) is 29.8 Å². The van der Waals surface area contributed by atoms with Crippen molar-refractivity contribution in [2.75, 3.05) is 39.8 Å². The minimum Gasteiger partial charge on any atom is -0.497 e. The van der Waals surface area contributed by atoms with Crippen LogP contribution in [0.3, 0.4) is 0 Å². The Morgan fingerprint density at radius 3 is 2.33 bits per heavy atom. The largest absolute Gasteiger partial charge is 0.497 e. The first kappa shape index (κ1) is 21.5. The zero-order valence-corrected chi connectivity index (χ0v) is 16.4. The van der Waals surface area contributed by atoms with E-state index >= 15 is 0 Å². The van der Waals surface area contributed by atoms with Gasteiger partial charge in [0, 0.05) is 39.1 Å². The fourth-order valence-electron chi connectivity index (χ4n) is 3.50. The van der Waals surface area contributed by atoms with Crippen molar-refractivity contribution in [3.63, 3.8) is 0 Å². The van der Waals surface area contributed by atoms with E-state index in [4.69, 9.17) is 4.74 Å². The Morgan fingerprint density at radius 2 is 1.78 bits per heavy atom. The maximum absolute atomic E-state index is 12.4. The molecule has 2 saturated heterocycles. The van der Waals surface area contributed by atoms with Crippen LogP contribution in [0.25, 0.3) is 0 Å². The molecular weight excluding hydrogens is 370 g/mol. The minimum absolute atomic E-state index is 0. The van der Waals surface area contributed by atoms with Crippen LogP contribution in [0.2, 0.25) is 0 Å². The number of aliphatic hydroxyl groups is 1. The number of carbonyl (C=O) groups excluding carboxylic acids is 2. The molecule has 7 nitrogen and oxygen atoms in total. The molecule has 2 atom stereocenters. The summed E-state index contributed by atoms with van der Waals surface area (Å²) in [6.07, 6.45) is 1.20. The number of aryl methyl sites for hydroxylation is 1. The van der Waals surface area contributed by atoms with E-state index in [9.17, 15) is 14.7 Å². The van der Waals surface area contributed by atoms with E-state index in [-0.39, 0.29) is 30.3 Å². The Morgan fingerprint density at radius 1 is 1.15 bits per heavy atom. The predicted octanol–water partition coefficient (Wildman–Crippen LogP) is 0.443. The highest BCUT2D eigenvalue weighted by Crippen LogP contribution is 2.15. The molecule has 0 saturated carbocycles. The maximum Gasteiger partial charge on any atom is 0.239 e. The molecule has 3 rings (SSSR count). The van der Waals surface area contributed by atoms with Crippen molar-refractivity contribution in [1.82, 2.24) is 15.1 Å². The van der Waals surface area contributed by atoms with Crippen molar-refractivity contribution < 1.29 is 19.4 Å². The topological polar surface area (TPSA) is 82.1 Å². The van der Waals surface area contributed by atoms with Crippen LogP contribution in [0.4, 0.5) is 0 Å². The SMILES string of the molecule is COc1ccc(CCC(=O)N2CCN(C(=O)C3CC(O)CN3)CC2)cc1.Cl. The lowest BCUT2D eigenvalue weighted by atomic mass is 10.1. The second-order valence-corrected chi connectivity index (χ2v) is 6.90. The summed E-state index contributed by atoms with van der Waals surface area (Å²) in [5.74, 6) is 0.972. The van der Waals surface area contributed by atoms with Crippen LogP contribution in [0, 0.1) is 0 Å². The number of methoxy groups -OCH3 is 1.